The quantitative estimate of drug-likeness (QED) is 0.347. The number of aromatic nitrogens is 3. The number of aliphatic hydroxyl groups is 1. The molecule has 0 aliphatic carbocycles. The molecule has 0 bridgehead atoms. The number of carbonyl (C=O) groups excluding carboxylic acids is 2. The zero-order chi connectivity index (χ0) is 27.7. The number of benzene rings is 2. The number of aliphatic hydroxyl groups excluding tert-OH is 1. The Bertz CT molecular complexity index is 1390. The van der Waals surface area contributed by atoms with Gasteiger partial charge in [0.1, 0.15) is 5.54 Å². The van der Waals surface area contributed by atoms with Crippen LogP contribution in [0.4, 0.5) is 23.7 Å². The Morgan fingerprint density at radius 1 is 1.05 bits per heavy atom. The molecule has 38 heavy (non-hydrogen) atoms. The molecule has 1 aliphatic rings. The van der Waals surface area contributed by atoms with Crippen molar-refractivity contribution >= 4 is 17.6 Å². The second-order valence-corrected chi connectivity index (χ2v) is 9.41. The molecule has 1 fully saturated rings. The van der Waals surface area contributed by atoms with E-state index in [2.05, 4.69) is 10.3 Å². The Morgan fingerprint density at radius 2 is 1.74 bits per heavy atom. The number of anilines is 1. The van der Waals surface area contributed by atoms with Crippen LogP contribution in [0, 0.1) is 11.3 Å². The van der Waals surface area contributed by atoms with Gasteiger partial charge in [0.15, 0.2) is 0 Å². The fraction of sp³-hybridized carbons (Fsp3) is 0.346. The summed E-state index contributed by atoms with van der Waals surface area (Å²) in [4.78, 5) is 28.5. The van der Waals surface area contributed by atoms with E-state index in [-0.39, 0.29) is 18.8 Å². The molecule has 0 atom stereocenters. The highest BCUT2D eigenvalue weighted by molar-refractivity contribution is 6.23. The van der Waals surface area contributed by atoms with Crippen LogP contribution >= 0.6 is 0 Å². The van der Waals surface area contributed by atoms with E-state index in [1.54, 1.807) is 35.1 Å². The van der Waals surface area contributed by atoms with Crippen molar-refractivity contribution in [3.05, 3.63) is 71.0 Å². The van der Waals surface area contributed by atoms with E-state index in [0.29, 0.717) is 24.5 Å². The molecule has 2 heterocycles. The minimum absolute atomic E-state index is 0.0422. The van der Waals surface area contributed by atoms with Gasteiger partial charge < -0.3 is 10.0 Å². The van der Waals surface area contributed by atoms with Gasteiger partial charge in [0.05, 0.1) is 40.5 Å². The van der Waals surface area contributed by atoms with Gasteiger partial charge in [-0.05, 0) is 69.0 Å². The van der Waals surface area contributed by atoms with Crippen LogP contribution in [0.3, 0.4) is 0 Å². The van der Waals surface area contributed by atoms with Gasteiger partial charge in [0.25, 0.3) is 5.91 Å². The lowest BCUT2D eigenvalue weighted by atomic mass is 10.0. The first-order valence-corrected chi connectivity index (χ1v) is 11.9. The summed E-state index contributed by atoms with van der Waals surface area (Å²) in [5.74, 6) is -0.673. The number of aryl methyl sites for hydroxylation is 1. The van der Waals surface area contributed by atoms with Crippen LogP contribution in [0.2, 0.25) is 0 Å². The van der Waals surface area contributed by atoms with Crippen molar-refractivity contribution in [1.29, 1.82) is 5.26 Å². The molecule has 1 saturated heterocycles. The van der Waals surface area contributed by atoms with Crippen molar-refractivity contribution in [3.8, 4) is 11.8 Å². The number of urea groups is 1. The molecule has 3 aromatic rings. The van der Waals surface area contributed by atoms with Gasteiger partial charge in [-0.15, -0.1) is 5.10 Å². The number of nitrogens with zero attached hydrogens (tertiary/aromatic N) is 6. The van der Waals surface area contributed by atoms with Crippen molar-refractivity contribution < 1.29 is 27.9 Å². The first-order chi connectivity index (χ1) is 18.0. The smallest absolute Gasteiger partial charge is 0.396 e. The summed E-state index contributed by atoms with van der Waals surface area (Å²) in [5.41, 5.74) is -1.16. The SMILES string of the molecule is CC1(C)C(=O)N(c2ccc(C#N)c(C(F)(F)F)c2)C(=O)N1Cc1ccc(-n2cc(CCCCO)nn2)cc1. The lowest BCUT2D eigenvalue weighted by Crippen LogP contribution is -2.43. The third-order valence-electron chi connectivity index (χ3n) is 6.43. The van der Waals surface area contributed by atoms with Gasteiger partial charge in [0, 0.05) is 13.2 Å². The molecule has 3 amide bonds. The van der Waals surface area contributed by atoms with Crippen LogP contribution in [0.5, 0.6) is 0 Å². The van der Waals surface area contributed by atoms with Gasteiger partial charge in [0.2, 0.25) is 0 Å². The van der Waals surface area contributed by atoms with Crippen molar-refractivity contribution in [3.63, 3.8) is 0 Å². The molecule has 0 unspecified atom stereocenters. The number of halogens is 3. The van der Waals surface area contributed by atoms with E-state index in [4.69, 9.17) is 10.4 Å². The minimum atomic E-state index is -4.83. The zero-order valence-corrected chi connectivity index (χ0v) is 20.7. The summed E-state index contributed by atoms with van der Waals surface area (Å²) >= 11 is 0. The van der Waals surface area contributed by atoms with Crippen LogP contribution in [0.1, 0.15) is 49.1 Å². The molecule has 12 heteroatoms. The monoisotopic (exact) mass is 526 g/mol. The van der Waals surface area contributed by atoms with Crippen LogP contribution in [0.15, 0.2) is 48.7 Å². The molecule has 0 saturated carbocycles. The Balaban J connectivity index is 1.54. The number of unbranched alkanes of at least 4 members (excludes halogenated alkanes) is 1. The highest BCUT2D eigenvalue weighted by atomic mass is 19.4. The van der Waals surface area contributed by atoms with Crippen molar-refractivity contribution in [2.45, 2.75) is 51.4 Å². The number of hydrogen-bond donors (Lipinski definition) is 1. The number of alkyl halides is 3. The molecular weight excluding hydrogens is 501 g/mol. The number of imide groups is 1. The van der Waals surface area contributed by atoms with E-state index < -0.39 is 34.8 Å². The molecule has 2 aromatic carbocycles. The lowest BCUT2D eigenvalue weighted by molar-refractivity contribution is -0.137. The maximum Gasteiger partial charge on any atom is 0.417 e. The number of nitriles is 1. The predicted octanol–water partition coefficient (Wildman–Crippen LogP) is 4.22. The van der Waals surface area contributed by atoms with E-state index in [9.17, 15) is 22.8 Å². The summed E-state index contributed by atoms with van der Waals surface area (Å²) in [5, 5.41) is 26.2. The second-order valence-electron chi connectivity index (χ2n) is 9.41. The van der Waals surface area contributed by atoms with Crippen LogP contribution in [0.25, 0.3) is 5.69 Å². The topological polar surface area (TPSA) is 115 Å². The van der Waals surface area contributed by atoms with Gasteiger partial charge in [-0.2, -0.15) is 18.4 Å². The summed E-state index contributed by atoms with van der Waals surface area (Å²) < 4.78 is 42.0. The Kier molecular flexibility index (Phi) is 7.24. The van der Waals surface area contributed by atoms with Crippen molar-refractivity contribution in [2.75, 3.05) is 11.5 Å². The summed E-state index contributed by atoms with van der Waals surface area (Å²) in [6.07, 6.45) is -0.860. The number of amides is 3. The fourth-order valence-corrected chi connectivity index (χ4v) is 4.23. The van der Waals surface area contributed by atoms with Gasteiger partial charge >= 0.3 is 12.2 Å². The third kappa shape index (κ3) is 5.10. The molecular formula is C26H25F3N6O3. The second kappa shape index (κ2) is 10.3. The molecule has 0 radical (unpaired) electrons. The maximum absolute atomic E-state index is 13.5. The van der Waals surface area contributed by atoms with E-state index >= 15 is 0 Å². The van der Waals surface area contributed by atoms with E-state index in [0.717, 1.165) is 34.8 Å². The van der Waals surface area contributed by atoms with Crippen molar-refractivity contribution in [1.82, 2.24) is 19.9 Å². The average molecular weight is 527 g/mol. The van der Waals surface area contributed by atoms with E-state index in [1.165, 1.54) is 24.8 Å². The Morgan fingerprint density at radius 3 is 2.37 bits per heavy atom. The van der Waals surface area contributed by atoms with Crippen LogP contribution < -0.4 is 4.90 Å². The average Bonchev–Trinajstić information content (AvgIpc) is 3.41. The largest absolute Gasteiger partial charge is 0.417 e. The summed E-state index contributed by atoms with van der Waals surface area (Å²) in [7, 11) is 0. The highest BCUT2D eigenvalue weighted by Crippen LogP contribution is 2.38. The van der Waals surface area contributed by atoms with Gasteiger partial charge in [-0.25, -0.2) is 14.4 Å². The first kappa shape index (κ1) is 26.8. The molecule has 1 aromatic heterocycles. The maximum atomic E-state index is 13.5. The molecule has 0 spiro atoms. The highest BCUT2D eigenvalue weighted by Gasteiger charge is 2.52. The minimum Gasteiger partial charge on any atom is -0.396 e. The van der Waals surface area contributed by atoms with Gasteiger partial charge in [-0.3, -0.25) is 4.79 Å². The molecule has 1 N–H and O–H groups in total. The fourth-order valence-electron chi connectivity index (χ4n) is 4.23. The summed E-state index contributed by atoms with van der Waals surface area (Å²) in [6, 6.07) is 10.6. The molecule has 9 nitrogen and oxygen atoms in total. The number of carbonyl (C=O) groups is 2. The molecule has 198 valence electrons. The van der Waals surface area contributed by atoms with Crippen LogP contribution in [-0.2, 0) is 23.9 Å². The summed E-state index contributed by atoms with van der Waals surface area (Å²) in [6.45, 7) is 3.23. The van der Waals surface area contributed by atoms with E-state index in [1.807, 2.05) is 0 Å². The molecule has 1 aliphatic heterocycles. The lowest BCUT2D eigenvalue weighted by Gasteiger charge is -2.27. The van der Waals surface area contributed by atoms with Crippen molar-refractivity contribution in [2.24, 2.45) is 0 Å². The number of rotatable bonds is 8. The third-order valence-corrected chi connectivity index (χ3v) is 6.43. The van der Waals surface area contributed by atoms with Gasteiger partial charge in [-0.1, -0.05) is 17.3 Å². The Labute approximate surface area is 216 Å². The first-order valence-electron chi connectivity index (χ1n) is 11.9. The number of hydrogen-bond acceptors (Lipinski definition) is 6. The zero-order valence-electron chi connectivity index (χ0n) is 20.7. The molecule has 4 rings (SSSR count). The Hall–Kier alpha value is -4.24. The standard InChI is InChI=1S/C26H25F3N6O3/c1-25(2)23(37)35(21-11-8-18(14-30)22(13-21)26(27,28)29)24(38)33(25)15-17-6-9-20(10-7-17)34-16-19(31-32-34)5-3-4-12-36/h6-11,13,16,36H,3-5,12,15H2,1-2H3. The normalized spacial score (nSPS) is 15.3. The van der Waals surface area contributed by atoms with Crippen LogP contribution in [-0.4, -0.2) is 49.1 Å². The predicted molar refractivity (Wildman–Crippen MR) is 130 cm³/mol.